The van der Waals surface area contributed by atoms with Crippen molar-refractivity contribution in [2.75, 3.05) is 54.4 Å². The van der Waals surface area contributed by atoms with Crippen LogP contribution in [0, 0.1) is 0 Å². The molecule has 3 heterocycles. The molecule has 2 fully saturated rings. The summed E-state index contributed by atoms with van der Waals surface area (Å²) in [6.45, 7) is 6.11. The van der Waals surface area contributed by atoms with Crippen LogP contribution in [0.3, 0.4) is 0 Å². The zero-order valence-corrected chi connectivity index (χ0v) is 17.0. The van der Waals surface area contributed by atoms with Crippen LogP contribution in [-0.2, 0) is 6.54 Å². The molecule has 2 N–H and O–H groups in total. The SMILES string of the molecule is ClC=Nc1c(NC=NCc2ccccc2)nc(N2CCNCC2)nc1N1CCC1. The number of aromatic nitrogens is 2. The first-order valence-electron chi connectivity index (χ1n) is 9.89. The summed E-state index contributed by atoms with van der Waals surface area (Å²) in [5.41, 5.74) is 3.05. The second-order valence-electron chi connectivity index (χ2n) is 6.95. The molecular weight excluding hydrogens is 388 g/mol. The summed E-state index contributed by atoms with van der Waals surface area (Å²) in [5, 5.41) is 6.57. The minimum absolute atomic E-state index is 0.594. The summed E-state index contributed by atoms with van der Waals surface area (Å²) in [6.07, 6.45) is 2.82. The van der Waals surface area contributed by atoms with Gasteiger partial charge in [-0.15, -0.1) is 0 Å². The molecule has 0 spiro atoms. The molecule has 152 valence electrons. The van der Waals surface area contributed by atoms with E-state index in [0.29, 0.717) is 24.0 Å². The van der Waals surface area contributed by atoms with Crippen molar-refractivity contribution in [2.24, 2.45) is 9.98 Å². The Balaban J connectivity index is 1.60. The Morgan fingerprint density at radius 1 is 1.07 bits per heavy atom. The Kier molecular flexibility index (Phi) is 6.53. The Bertz CT molecular complexity index is 860. The van der Waals surface area contributed by atoms with Crippen molar-refractivity contribution in [1.29, 1.82) is 0 Å². The minimum atomic E-state index is 0.594. The Morgan fingerprint density at radius 2 is 1.86 bits per heavy atom. The summed E-state index contributed by atoms with van der Waals surface area (Å²) in [4.78, 5) is 22.8. The second-order valence-corrected chi connectivity index (χ2v) is 7.14. The van der Waals surface area contributed by atoms with Gasteiger partial charge in [0.1, 0.15) is 5.69 Å². The maximum atomic E-state index is 5.83. The van der Waals surface area contributed by atoms with Crippen molar-refractivity contribution in [1.82, 2.24) is 15.3 Å². The molecule has 0 unspecified atom stereocenters. The fourth-order valence-corrected chi connectivity index (χ4v) is 3.39. The van der Waals surface area contributed by atoms with Crippen molar-refractivity contribution in [3.63, 3.8) is 0 Å². The van der Waals surface area contributed by atoms with Gasteiger partial charge >= 0.3 is 0 Å². The predicted octanol–water partition coefficient (Wildman–Crippen LogP) is 2.64. The third kappa shape index (κ3) is 4.83. The lowest BCUT2D eigenvalue weighted by Crippen LogP contribution is -2.44. The van der Waals surface area contributed by atoms with Crippen LogP contribution in [0.5, 0.6) is 0 Å². The van der Waals surface area contributed by atoms with E-state index in [4.69, 9.17) is 21.6 Å². The molecule has 1 aromatic heterocycles. The van der Waals surface area contributed by atoms with Crippen LogP contribution in [0.15, 0.2) is 40.3 Å². The number of rotatable bonds is 7. The molecule has 8 nitrogen and oxygen atoms in total. The second kappa shape index (κ2) is 9.67. The standard InChI is InChI=1S/C20H25ClN8/c21-14-24-17-18(25-15-23-13-16-5-2-1-3-6-16)26-20(29-11-7-22-8-12-29)27-19(17)28-9-4-10-28/h1-3,5-6,14-15,22H,4,7-13H2,(H,23,25,26,27). The zero-order valence-electron chi connectivity index (χ0n) is 16.3. The molecule has 4 rings (SSSR count). The summed E-state index contributed by atoms with van der Waals surface area (Å²) >= 11 is 5.83. The molecule has 0 amide bonds. The third-order valence-corrected chi connectivity index (χ3v) is 5.09. The van der Waals surface area contributed by atoms with Crippen molar-refractivity contribution < 1.29 is 0 Å². The molecule has 2 aliphatic heterocycles. The Labute approximate surface area is 175 Å². The van der Waals surface area contributed by atoms with Crippen molar-refractivity contribution in [3.05, 3.63) is 35.9 Å². The molecule has 0 aliphatic carbocycles. The summed E-state index contributed by atoms with van der Waals surface area (Å²) in [7, 11) is 0. The molecule has 0 bridgehead atoms. The van der Waals surface area contributed by atoms with Gasteiger partial charge in [-0.2, -0.15) is 9.97 Å². The van der Waals surface area contributed by atoms with Crippen LogP contribution in [0.25, 0.3) is 0 Å². The molecule has 9 heteroatoms. The summed E-state index contributed by atoms with van der Waals surface area (Å²) in [5.74, 6) is 2.14. The smallest absolute Gasteiger partial charge is 0.229 e. The maximum Gasteiger partial charge on any atom is 0.229 e. The Hall–Kier alpha value is -2.71. The first-order chi connectivity index (χ1) is 14.3. The highest BCUT2D eigenvalue weighted by Crippen LogP contribution is 2.37. The van der Waals surface area contributed by atoms with E-state index in [1.54, 1.807) is 6.34 Å². The number of nitrogens with zero attached hydrogens (tertiary/aromatic N) is 6. The summed E-state index contributed by atoms with van der Waals surface area (Å²) < 4.78 is 0. The van der Waals surface area contributed by atoms with Gasteiger partial charge in [0.2, 0.25) is 5.95 Å². The molecule has 2 saturated heterocycles. The van der Waals surface area contributed by atoms with Gasteiger partial charge in [0, 0.05) is 39.3 Å². The van der Waals surface area contributed by atoms with E-state index >= 15 is 0 Å². The Morgan fingerprint density at radius 3 is 2.55 bits per heavy atom. The predicted molar refractivity (Wildman–Crippen MR) is 120 cm³/mol. The zero-order chi connectivity index (χ0) is 19.9. The average molecular weight is 413 g/mol. The van der Waals surface area contributed by atoms with Gasteiger partial charge in [0.15, 0.2) is 11.6 Å². The highest BCUT2D eigenvalue weighted by molar-refractivity contribution is 6.56. The molecule has 2 aliphatic rings. The average Bonchev–Trinajstić information content (AvgIpc) is 2.73. The van der Waals surface area contributed by atoms with Gasteiger partial charge in [-0.05, 0) is 12.0 Å². The molecule has 0 saturated carbocycles. The lowest BCUT2D eigenvalue weighted by Gasteiger charge is -2.34. The van der Waals surface area contributed by atoms with Crippen LogP contribution in [0.2, 0.25) is 0 Å². The number of nitrogens with one attached hydrogen (secondary N) is 2. The van der Waals surface area contributed by atoms with Gasteiger partial charge in [-0.25, -0.2) is 4.99 Å². The largest absolute Gasteiger partial charge is 0.354 e. The van der Waals surface area contributed by atoms with Crippen molar-refractivity contribution >= 4 is 46.9 Å². The van der Waals surface area contributed by atoms with E-state index in [1.807, 2.05) is 18.2 Å². The van der Waals surface area contributed by atoms with Gasteiger partial charge in [-0.1, -0.05) is 41.9 Å². The molecule has 1 aromatic carbocycles. The van der Waals surface area contributed by atoms with E-state index in [0.717, 1.165) is 57.1 Å². The summed E-state index contributed by atoms with van der Waals surface area (Å²) in [6, 6.07) is 10.1. The van der Waals surface area contributed by atoms with Crippen LogP contribution >= 0.6 is 11.6 Å². The third-order valence-electron chi connectivity index (χ3n) is 5.00. The number of halogens is 1. The van der Waals surface area contributed by atoms with E-state index in [1.165, 1.54) is 5.67 Å². The molecule has 29 heavy (non-hydrogen) atoms. The highest BCUT2D eigenvalue weighted by Gasteiger charge is 2.25. The van der Waals surface area contributed by atoms with Gasteiger partial charge < -0.3 is 20.4 Å². The number of piperazine rings is 1. The quantitative estimate of drug-likeness (QED) is 0.537. The topological polar surface area (TPSA) is 81.0 Å². The lowest BCUT2D eigenvalue weighted by atomic mass is 10.2. The van der Waals surface area contributed by atoms with Crippen molar-refractivity contribution in [2.45, 2.75) is 13.0 Å². The van der Waals surface area contributed by atoms with E-state index < -0.39 is 0 Å². The number of hydrogen-bond donors (Lipinski definition) is 2. The molecule has 0 atom stereocenters. The molecular formula is C20H25ClN8. The van der Waals surface area contributed by atoms with E-state index in [9.17, 15) is 0 Å². The van der Waals surface area contributed by atoms with Gasteiger partial charge in [0.25, 0.3) is 0 Å². The van der Waals surface area contributed by atoms with Gasteiger partial charge in [-0.3, -0.25) is 4.99 Å². The fourth-order valence-electron chi connectivity index (χ4n) is 3.30. The number of benzene rings is 1. The monoisotopic (exact) mass is 412 g/mol. The van der Waals surface area contributed by atoms with Crippen molar-refractivity contribution in [3.8, 4) is 0 Å². The lowest BCUT2D eigenvalue weighted by molar-refractivity contribution is 0.576. The first kappa shape index (κ1) is 19.6. The van der Waals surface area contributed by atoms with Crippen LogP contribution in [-0.4, -0.2) is 61.2 Å². The van der Waals surface area contributed by atoms with Crippen LogP contribution in [0.1, 0.15) is 12.0 Å². The minimum Gasteiger partial charge on any atom is -0.354 e. The van der Waals surface area contributed by atoms with Crippen LogP contribution < -0.4 is 20.4 Å². The number of anilines is 3. The fraction of sp³-hybridized carbons (Fsp3) is 0.400. The molecule has 0 radical (unpaired) electrons. The molecule has 2 aromatic rings. The normalized spacial score (nSPS) is 17.1. The van der Waals surface area contributed by atoms with Crippen LogP contribution in [0.4, 0.5) is 23.3 Å². The van der Waals surface area contributed by atoms with Gasteiger partial charge in [0.05, 0.1) is 18.6 Å². The number of aliphatic imine (C=N–C) groups is 2. The maximum absolute atomic E-state index is 5.83. The van der Waals surface area contributed by atoms with E-state index in [-0.39, 0.29) is 0 Å². The number of hydrogen-bond acceptors (Lipinski definition) is 7. The van der Waals surface area contributed by atoms with E-state index in [2.05, 4.69) is 42.6 Å². The highest BCUT2D eigenvalue weighted by atomic mass is 35.5. The first-order valence-corrected chi connectivity index (χ1v) is 10.3.